The Morgan fingerprint density at radius 3 is 2.63 bits per heavy atom. The number of hydrogen-bond donors (Lipinski definition) is 0. The molecule has 3 aromatic heterocycles. The van der Waals surface area contributed by atoms with E-state index in [4.69, 9.17) is 0 Å². The first-order valence-corrected chi connectivity index (χ1v) is 8.64. The average molecular weight is 357 g/mol. The van der Waals surface area contributed by atoms with Gasteiger partial charge in [-0.05, 0) is 35.4 Å². The van der Waals surface area contributed by atoms with Gasteiger partial charge in [-0.2, -0.15) is 0 Å². The van der Waals surface area contributed by atoms with Gasteiger partial charge in [0, 0.05) is 32.1 Å². The van der Waals surface area contributed by atoms with Crippen molar-refractivity contribution in [3.8, 4) is 11.1 Å². The Labute approximate surface area is 156 Å². The van der Waals surface area contributed by atoms with Crippen LogP contribution < -0.4 is 10.5 Å². The molecule has 0 saturated carbocycles. The lowest BCUT2D eigenvalue weighted by atomic mass is 10.0. The van der Waals surface area contributed by atoms with Gasteiger partial charge in [0.1, 0.15) is 11.3 Å². The summed E-state index contributed by atoms with van der Waals surface area (Å²) in [6.45, 7) is 0.471. The topological polar surface area (TPSA) is 63.9 Å². The van der Waals surface area contributed by atoms with E-state index in [1.807, 2.05) is 55.5 Å². The van der Waals surface area contributed by atoms with Gasteiger partial charge in [0.2, 0.25) is 0 Å². The quantitative estimate of drug-likeness (QED) is 0.562. The Balaban J connectivity index is 1.70. The van der Waals surface area contributed by atoms with Gasteiger partial charge in [0.25, 0.3) is 5.56 Å². The van der Waals surface area contributed by atoms with E-state index in [0.29, 0.717) is 12.1 Å². The summed E-state index contributed by atoms with van der Waals surface area (Å²) in [6.07, 6.45) is 6.56. The van der Waals surface area contributed by atoms with E-state index in [-0.39, 0.29) is 5.56 Å². The van der Waals surface area contributed by atoms with E-state index in [1.54, 1.807) is 17.0 Å². The van der Waals surface area contributed by atoms with Crippen molar-refractivity contribution in [2.45, 2.75) is 6.54 Å². The van der Waals surface area contributed by atoms with E-state index in [2.05, 4.69) is 27.1 Å². The SMILES string of the molecule is CN(C)c1ccc(-c2cccc(Cn3c(=O)cnc4cnccc43)c2)cn1. The highest BCUT2D eigenvalue weighted by molar-refractivity contribution is 5.73. The predicted octanol–water partition coefficient (Wildman–Crippen LogP) is 2.97. The molecule has 0 radical (unpaired) electrons. The molecule has 0 aliphatic heterocycles. The Morgan fingerprint density at radius 2 is 1.85 bits per heavy atom. The molecule has 0 bridgehead atoms. The van der Waals surface area contributed by atoms with Gasteiger partial charge >= 0.3 is 0 Å². The number of hydrogen-bond acceptors (Lipinski definition) is 5. The zero-order chi connectivity index (χ0) is 18.8. The average Bonchev–Trinajstić information content (AvgIpc) is 2.70. The molecule has 0 fully saturated rings. The van der Waals surface area contributed by atoms with Crippen LogP contribution in [0.2, 0.25) is 0 Å². The third-order valence-electron chi connectivity index (χ3n) is 4.46. The van der Waals surface area contributed by atoms with Crippen LogP contribution in [0.1, 0.15) is 5.56 Å². The maximum absolute atomic E-state index is 12.4. The van der Waals surface area contributed by atoms with Crippen LogP contribution in [-0.4, -0.2) is 33.6 Å². The molecule has 0 atom stereocenters. The lowest BCUT2D eigenvalue weighted by molar-refractivity contribution is 0.786. The normalized spacial score (nSPS) is 10.9. The summed E-state index contributed by atoms with van der Waals surface area (Å²) in [5.74, 6) is 0.915. The molecule has 0 aliphatic rings. The second kappa shape index (κ2) is 6.99. The van der Waals surface area contributed by atoms with Crippen LogP contribution >= 0.6 is 0 Å². The maximum atomic E-state index is 12.4. The van der Waals surface area contributed by atoms with Gasteiger partial charge in [-0.15, -0.1) is 0 Å². The van der Waals surface area contributed by atoms with Crippen LogP contribution in [0.15, 0.2) is 72.0 Å². The summed E-state index contributed by atoms with van der Waals surface area (Å²) >= 11 is 0. The van der Waals surface area contributed by atoms with Crippen molar-refractivity contribution >= 4 is 16.9 Å². The molecule has 27 heavy (non-hydrogen) atoms. The first-order valence-electron chi connectivity index (χ1n) is 8.64. The third kappa shape index (κ3) is 3.42. The van der Waals surface area contributed by atoms with Crippen LogP contribution in [-0.2, 0) is 6.54 Å². The standard InChI is InChI=1S/C21H19N5O/c1-25(2)20-7-6-17(11-24-20)16-5-3-4-15(10-16)14-26-19-8-9-22-12-18(19)23-13-21(26)27/h3-13H,14H2,1-2H3. The number of aromatic nitrogens is 4. The van der Waals surface area contributed by atoms with Crippen LogP contribution in [0, 0.1) is 0 Å². The summed E-state index contributed by atoms with van der Waals surface area (Å²) in [6, 6.07) is 14.0. The fraction of sp³-hybridized carbons (Fsp3) is 0.143. The molecule has 0 unspecified atom stereocenters. The number of rotatable bonds is 4. The largest absolute Gasteiger partial charge is 0.363 e. The monoisotopic (exact) mass is 357 g/mol. The minimum atomic E-state index is -0.129. The van der Waals surface area contributed by atoms with Crippen molar-refractivity contribution in [1.82, 2.24) is 19.5 Å². The number of benzene rings is 1. The van der Waals surface area contributed by atoms with E-state index >= 15 is 0 Å². The molecule has 6 nitrogen and oxygen atoms in total. The number of pyridine rings is 2. The van der Waals surface area contributed by atoms with Gasteiger partial charge in [-0.25, -0.2) is 9.97 Å². The van der Waals surface area contributed by atoms with Crippen molar-refractivity contribution in [3.63, 3.8) is 0 Å². The van der Waals surface area contributed by atoms with Gasteiger partial charge in [0.05, 0.1) is 24.5 Å². The molecule has 134 valence electrons. The minimum absolute atomic E-state index is 0.129. The van der Waals surface area contributed by atoms with E-state index in [9.17, 15) is 4.79 Å². The van der Waals surface area contributed by atoms with E-state index in [1.165, 1.54) is 6.20 Å². The second-order valence-corrected chi connectivity index (χ2v) is 6.55. The van der Waals surface area contributed by atoms with Crippen molar-refractivity contribution in [3.05, 3.63) is 83.2 Å². The summed E-state index contributed by atoms with van der Waals surface area (Å²) in [5.41, 5.74) is 4.50. The van der Waals surface area contributed by atoms with Crippen molar-refractivity contribution in [1.29, 1.82) is 0 Å². The zero-order valence-electron chi connectivity index (χ0n) is 15.2. The molecule has 0 aliphatic carbocycles. The first-order chi connectivity index (χ1) is 13.1. The summed E-state index contributed by atoms with van der Waals surface area (Å²) in [7, 11) is 3.93. The highest BCUT2D eigenvalue weighted by Gasteiger charge is 2.07. The van der Waals surface area contributed by atoms with Gasteiger partial charge in [0.15, 0.2) is 0 Å². The van der Waals surface area contributed by atoms with Crippen molar-refractivity contribution < 1.29 is 0 Å². The molecular weight excluding hydrogens is 338 g/mol. The smallest absolute Gasteiger partial charge is 0.269 e. The summed E-state index contributed by atoms with van der Waals surface area (Å²) in [5, 5.41) is 0. The Kier molecular flexibility index (Phi) is 4.38. The van der Waals surface area contributed by atoms with Crippen LogP contribution in [0.5, 0.6) is 0 Å². The Morgan fingerprint density at radius 1 is 0.963 bits per heavy atom. The second-order valence-electron chi connectivity index (χ2n) is 6.55. The maximum Gasteiger partial charge on any atom is 0.269 e. The molecule has 0 spiro atoms. The highest BCUT2D eigenvalue weighted by atomic mass is 16.1. The van der Waals surface area contributed by atoms with Crippen LogP contribution in [0.4, 0.5) is 5.82 Å². The van der Waals surface area contributed by atoms with Crippen LogP contribution in [0.25, 0.3) is 22.2 Å². The highest BCUT2D eigenvalue weighted by Crippen LogP contribution is 2.22. The third-order valence-corrected chi connectivity index (χ3v) is 4.46. The summed E-state index contributed by atoms with van der Waals surface area (Å²) in [4.78, 5) is 27.0. The van der Waals surface area contributed by atoms with Crippen LogP contribution in [0.3, 0.4) is 0 Å². The fourth-order valence-corrected chi connectivity index (χ4v) is 3.04. The molecular formula is C21H19N5O. The Bertz CT molecular complexity index is 1150. The number of fused-ring (bicyclic) bond motifs is 1. The zero-order valence-corrected chi connectivity index (χ0v) is 15.2. The molecule has 4 aromatic rings. The number of nitrogens with zero attached hydrogens (tertiary/aromatic N) is 5. The predicted molar refractivity (Wildman–Crippen MR) is 107 cm³/mol. The fourth-order valence-electron chi connectivity index (χ4n) is 3.04. The molecule has 1 aromatic carbocycles. The van der Waals surface area contributed by atoms with E-state index < -0.39 is 0 Å². The van der Waals surface area contributed by atoms with Gasteiger partial charge < -0.3 is 9.47 Å². The minimum Gasteiger partial charge on any atom is -0.363 e. The van der Waals surface area contributed by atoms with E-state index in [0.717, 1.165) is 28.0 Å². The summed E-state index contributed by atoms with van der Waals surface area (Å²) < 4.78 is 1.72. The lowest BCUT2D eigenvalue weighted by Gasteiger charge is -2.12. The molecule has 0 N–H and O–H groups in total. The van der Waals surface area contributed by atoms with Gasteiger partial charge in [-0.1, -0.05) is 18.2 Å². The van der Waals surface area contributed by atoms with Gasteiger partial charge in [-0.3, -0.25) is 9.78 Å². The molecule has 4 rings (SSSR count). The first kappa shape index (κ1) is 16.9. The molecule has 6 heteroatoms. The van der Waals surface area contributed by atoms with Crippen molar-refractivity contribution in [2.24, 2.45) is 0 Å². The van der Waals surface area contributed by atoms with Crippen molar-refractivity contribution in [2.75, 3.05) is 19.0 Å². The Hall–Kier alpha value is -3.54. The number of anilines is 1. The molecule has 3 heterocycles. The molecule has 0 saturated heterocycles. The lowest BCUT2D eigenvalue weighted by Crippen LogP contribution is -2.21. The molecule has 0 amide bonds.